The van der Waals surface area contributed by atoms with E-state index >= 15 is 0 Å². The number of hydrogen-bond donors (Lipinski definition) is 0. The number of sulfonamides is 1. The number of thiazole rings is 1. The molecule has 2 aromatic carbocycles. The quantitative estimate of drug-likeness (QED) is 0.491. The van der Waals surface area contributed by atoms with Crippen LogP contribution in [0.15, 0.2) is 58.8 Å². The Morgan fingerprint density at radius 3 is 2.50 bits per heavy atom. The van der Waals surface area contributed by atoms with Crippen LogP contribution in [-0.4, -0.2) is 55.9 Å². The molecule has 0 unspecified atom stereocenters. The van der Waals surface area contributed by atoms with Gasteiger partial charge in [-0.1, -0.05) is 37.6 Å². The summed E-state index contributed by atoms with van der Waals surface area (Å²) < 4.78 is 32.9. The average molecular weight is 472 g/mol. The lowest BCUT2D eigenvalue weighted by molar-refractivity contribution is 0.181. The number of methoxy groups -OCH3 is 1. The molecule has 4 rings (SSSR count). The molecule has 2 heterocycles. The van der Waals surface area contributed by atoms with Crippen LogP contribution in [0.2, 0.25) is 0 Å². The molecule has 3 aromatic rings. The van der Waals surface area contributed by atoms with Gasteiger partial charge in [0.15, 0.2) is 0 Å². The maximum Gasteiger partial charge on any atom is 0.243 e. The summed E-state index contributed by atoms with van der Waals surface area (Å²) in [7, 11) is -1.79. The zero-order valence-electron chi connectivity index (χ0n) is 18.5. The highest BCUT2D eigenvalue weighted by atomic mass is 32.2. The first-order valence-electron chi connectivity index (χ1n) is 10.9. The van der Waals surface area contributed by atoms with Crippen molar-refractivity contribution in [3.05, 3.63) is 64.5 Å². The smallest absolute Gasteiger partial charge is 0.243 e. The molecule has 0 spiro atoms. The lowest BCUT2D eigenvalue weighted by atomic mass is 10.1. The van der Waals surface area contributed by atoms with Gasteiger partial charge >= 0.3 is 0 Å². The summed E-state index contributed by atoms with van der Waals surface area (Å²) >= 11 is 1.63. The van der Waals surface area contributed by atoms with E-state index in [4.69, 9.17) is 9.72 Å². The van der Waals surface area contributed by atoms with Gasteiger partial charge in [-0.25, -0.2) is 13.4 Å². The van der Waals surface area contributed by atoms with Gasteiger partial charge in [0.25, 0.3) is 0 Å². The maximum atomic E-state index is 13.0. The highest BCUT2D eigenvalue weighted by Gasteiger charge is 2.28. The van der Waals surface area contributed by atoms with Crippen molar-refractivity contribution in [3.8, 4) is 17.0 Å². The molecule has 1 aliphatic heterocycles. The summed E-state index contributed by atoms with van der Waals surface area (Å²) in [6.45, 7) is 5.23. The number of aryl methyl sites for hydroxylation is 1. The van der Waals surface area contributed by atoms with Crippen molar-refractivity contribution in [1.82, 2.24) is 14.2 Å². The first kappa shape index (κ1) is 22.9. The maximum absolute atomic E-state index is 13.0. The Hall–Kier alpha value is -2.26. The summed E-state index contributed by atoms with van der Waals surface area (Å²) in [6, 6.07) is 15.2. The normalized spacial score (nSPS) is 15.7. The van der Waals surface area contributed by atoms with Gasteiger partial charge < -0.3 is 4.74 Å². The van der Waals surface area contributed by atoms with Crippen LogP contribution in [0.1, 0.15) is 23.9 Å². The summed E-state index contributed by atoms with van der Waals surface area (Å²) in [5.74, 6) is 0.814. The molecule has 1 aliphatic rings. The van der Waals surface area contributed by atoms with Gasteiger partial charge in [0.2, 0.25) is 10.0 Å². The fourth-order valence-corrected chi connectivity index (χ4v) is 6.15. The van der Waals surface area contributed by atoms with Crippen molar-refractivity contribution >= 4 is 21.4 Å². The third kappa shape index (κ3) is 5.20. The molecule has 0 N–H and O–H groups in total. The Kier molecular flexibility index (Phi) is 7.25. The molecular weight excluding hydrogens is 442 g/mol. The lowest BCUT2D eigenvalue weighted by Crippen LogP contribution is -2.48. The van der Waals surface area contributed by atoms with Gasteiger partial charge in [0, 0.05) is 37.1 Å². The van der Waals surface area contributed by atoms with Gasteiger partial charge in [-0.05, 0) is 36.2 Å². The van der Waals surface area contributed by atoms with Gasteiger partial charge in [-0.3, -0.25) is 4.90 Å². The van der Waals surface area contributed by atoms with Crippen molar-refractivity contribution < 1.29 is 13.2 Å². The van der Waals surface area contributed by atoms with E-state index in [1.165, 1.54) is 5.56 Å². The van der Waals surface area contributed by atoms with E-state index in [0.29, 0.717) is 31.1 Å². The largest absolute Gasteiger partial charge is 0.497 e. The van der Waals surface area contributed by atoms with E-state index in [-0.39, 0.29) is 0 Å². The minimum Gasteiger partial charge on any atom is -0.497 e. The van der Waals surface area contributed by atoms with Crippen LogP contribution < -0.4 is 4.74 Å². The molecule has 0 radical (unpaired) electrons. The van der Waals surface area contributed by atoms with Crippen molar-refractivity contribution in [2.75, 3.05) is 33.3 Å². The summed E-state index contributed by atoms with van der Waals surface area (Å²) in [6.07, 6.45) is 2.02. The highest BCUT2D eigenvalue weighted by molar-refractivity contribution is 7.89. The monoisotopic (exact) mass is 471 g/mol. The van der Waals surface area contributed by atoms with E-state index < -0.39 is 10.0 Å². The summed E-state index contributed by atoms with van der Waals surface area (Å²) in [5, 5.41) is 3.10. The van der Waals surface area contributed by atoms with Crippen LogP contribution in [-0.2, 0) is 23.0 Å². The Labute approximate surface area is 194 Å². The number of hydrogen-bond acceptors (Lipinski definition) is 6. The number of rotatable bonds is 8. The highest BCUT2D eigenvalue weighted by Crippen LogP contribution is 2.26. The molecule has 0 aliphatic carbocycles. The molecule has 0 bridgehead atoms. The first-order valence-corrected chi connectivity index (χ1v) is 13.2. The molecule has 32 heavy (non-hydrogen) atoms. The zero-order valence-corrected chi connectivity index (χ0v) is 20.2. The minimum atomic E-state index is -3.45. The fourth-order valence-electron chi connectivity index (χ4n) is 3.88. The third-order valence-corrected chi connectivity index (χ3v) is 8.45. The molecule has 0 atom stereocenters. The zero-order chi connectivity index (χ0) is 22.6. The van der Waals surface area contributed by atoms with Gasteiger partial charge in [-0.15, -0.1) is 11.3 Å². The van der Waals surface area contributed by atoms with Crippen LogP contribution >= 0.6 is 11.3 Å². The van der Waals surface area contributed by atoms with Crippen LogP contribution in [0.4, 0.5) is 0 Å². The van der Waals surface area contributed by atoms with Crippen molar-refractivity contribution in [3.63, 3.8) is 0 Å². The Morgan fingerprint density at radius 2 is 1.81 bits per heavy atom. The van der Waals surface area contributed by atoms with Gasteiger partial charge in [-0.2, -0.15) is 4.31 Å². The second kappa shape index (κ2) is 10.1. The van der Waals surface area contributed by atoms with Crippen LogP contribution in [0.25, 0.3) is 11.3 Å². The predicted molar refractivity (Wildman–Crippen MR) is 129 cm³/mol. The number of nitrogens with zero attached hydrogens (tertiary/aromatic N) is 3. The predicted octanol–water partition coefficient (Wildman–Crippen LogP) is 4.28. The molecule has 8 heteroatoms. The number of piperazine rings is 1. The standard InChI is InChI=1S/C24H29N3O3S2/c1-3-5-19-8-10-22(11-9-19)32(28,29)27-14-12-26(13-15-27)17-24-25-23(18-31-24)20-6-4-7-21(16-20)30-2/h4,6-11,16,18H,3,5,12-15,17H2,1-2H3. The first-order chi connectivity index (χ1) is 15.5. The summed E-state index contributed by atoms with van der Waals surface area (Å²) in [4.78, 5) is 7.43. The SMILES string of the molecule is CCCc1ccc(S(=O)(=O)N2CCN(Cc3nc(-c4cccc(OC)c4)cs3)CC2)cc1. The molecule has 170 valence electrons. The van der Waals surface area contributed by atoms with Crippen molar-refractivity contribution in [1.29, 1.82) is 0 Å². The molecule has 0 amide bonds. The Morgan fingerprint density at radius 1 is 1.06 bits per heavy atom. The molecule has 1 aromatic heterocycles. The van der Waals surface area contributed by atoms with E-state index in [1.54, 1.807) is 34.9 Å². The Bertz CT molecular complexity index is 1140. The molecule has 1 fully saturated rings. The van der Waals surface area contributed by atoms with E-state index in [1.807, 2.05) is 36.4 Å². The average Bonchev–Trinajstić information content (AvgIpc) is 3.28. The number of benzene rings is 2. The van der Waals surface area contributed by atoms with E-state index in [9.17, 15) is 8.42 Å². The van der Waals surface area contributed by atoms with Crippen LogP contribution in [0.3, 0.4) is 0 Å². The Balaban J connectivity index is 1.35. The van der Waals surface area contributed by atoms with Crippen LogP contribution in [0, 0.1) is 0 Å². The second-order valence-electron chi connectivity index (χ2n) is 7.93. The number of aromatic nitrogens is 1. The topological polar surface area (TPSA) is 62.7 Å². The van der Waals surface area contributed by atoms with Crippen LogP contribution in [0.5, 0.6) is 5.75 Å². The second-order valence-corrected chi connectivity index (χ2v) is 10.8. The van der Waals surface area contributed by atoms with Gasteiger partial charge in [0.1, 0.15) is 10.8 Å². The third-order valence-electron chi connectivity index (χ3n) is 5.71. The minimum absolute atomic E-state index is 0.383. The van der Waals surface area contributed by atoms with E-state index in [0.717, 1.165) is 41.4 Å². The van der Waals surface area contributed by atoms with Crippen molar-refractivity contribution in [2.45, 2.75) is 31.2 Å². The number of ether oxygens (including phenoxy) is 1. The molecule has 0 saturated carbocycles. The van der Waals surface area contributed by atoms with Gasteiger partial charge in [0.05, 0.1) is 24.2 Å². The lowest BCUT2D eigenvalue weighted by Gasteiger charge is -2.33. The summed E-state index contributed by atoms with van der Waals surface area (Å²) in [5.41, 5.74) is 3.15. The molecule has 6 nitrogen and oxygen atoms in total. The fraction of sp³-hybridized carbons (Fsp3) is 0.375. The molecular formula is C24H29N3O3S2. The van der Waals surface area contributed by atoms with Crippen molar-refractivity contribution in [2.24, 2.45) is 0 Å². The molecule has 1 saturated heterocycles. The van der Waals surface area contributed by atoms with E-state index in [2.05, 4.69) is 17.2 Å².